The van der Waals surface area contributed by atoms with Crippen molar-refractivity contribution in [1.82, 2.24) is 0 Å². The summed E-state index contributed by atoms with van der Waals surface area (Å²) in [6, 6.07) is 9.94. The van der Waals surface area contributed by atoms with Crippen molar-refractivity contribution in [3.05, 3.63) is 24.3 Å². The summed E-state index contributed by atoms with van der Waals surface area (Å²) in [6.45, 7) is 1.66. The van der Waals surface area contributed by atoms with Gasteiger partial charge in [0.05, 0.1) is 26.4 Å². The lowest BCUT2D eigenvalue weighted by atomic mass is 9.88. The largest absolute Gasteiger partial charge is 0.497 e. The van der Waals surface area contributed by atoms with Crippen LogP contribution in [0.15, 0.2) is 24.3 Å². The minimum absolute atomic E-state index is 0.347. The molecule has 1 aliphatic heterocycles. The average molecular weight is 218 g/mol. The Morgan fingerprint density at radius 2 is 2.12 bits per heavy atom. The average Bonchev–Trinajstić information content (AvgIpc) is 2.29. The lowest BCUT2D eigenvalue weighted by Crippen LogP contribution is -2.46. The summed E-state index contributed by atoms with van der Waals surface area (Å²) in [5.74, 6) is 0.826. The van der Waals surface area contributed by atoms with E-state index in [1.54, 1.807) is 7.11 Å². The highest BCUT2D eigenvalue weighted by Crippen LogP contribution is 2.27. The summed E-state index contributed by atoms with van der Waals surface area (Å²) in [6.07, 6.45) is 0. The van der Waals surface area contributed by atoms with Gasteiger partial charge >= 0.3 is 0 Å². The maximum Gasteiger partial charge on any atom is 0.121 e. The number of hydrogen-bond donors (Lipinski definition) is 1. The number of nitrogens with one attached hydrogen (secondary N) is 1. The summed E-state index contributed by atoms with van der Waals surface area (Å²) < 4.78 is 10.1. The van der Waals surface area contributed by atoms with E-state index in [-0.39, 0.29) is 5.41 Å². The van der Waals surface area contributed by atoms with Crippen LogP contribution in [0.5, 0.6) is 5.75 Å². The maximum atomic E-state index is 9.01. The number of hydrogen-bond acceptors (Lipinski definition) is 4. The first-order chi connectivity index (χ1) is 7.78. The van der Waals surface area contributed by atoms with E-state index in [1.165, 1.54) is 0 Å². The van der Waals surface area contributed by atoms with Crippen molar-refractivity contribution in [2.45, 2.75) is 0 Å². The van der Waals surface area contributed by atoms with Crippen molar-refractivity contribution in [3.63, 3.8) is 0 Å². The van der Waals surface area contributed by atoms with Gasteiger partial charge in [-0.3, -0.25) is 0 Å². The zero-order valence-electron chi connectivity index (χ0n) is 9.19. The van der Waals surface area contributed by atoms with Gasteiger partial charge in [-0.1, -0.05) is 0 Å². The quantitative estimate of drug-likeness (QED) is 0.834. The molecule has 0 aliphatic carbocycles. The second-order valence-electron chi connectivity index (χ2n) is 3.97. The molecular weight excluding hydrogens is 204 g/mol. The molecule has 0 atom stereocenters. The Morgan fingerprint density at radius 3 is 2.56 bits per heavy atom. The minimum atomic E-state index is -0.347. The van der Waals surface area contributed by atoms with Gasteiger partial charge in [0, 0.05) is 12.2 Å². The fraction of sp³-hybridized carbons (Fsp3) is 0.417. The van der Waals surface area contributed by atoms with Gasteiger partial charge in [-0.2, -0.15) is 5.26 Å². The third-order valence-corrected chi connectivity index (χ3v) is 2.71. The summed E-state index contributed by atoms with van der Waals surface area (Å²) in [5.41, 5.74) is 0.641. The van der Waals surface area contributed by atoms with Crippen molar-refractivity contribution in [1.29, 1.82) is 5.26 Å². The number of rotatable bonds is 4. The van der Waals surface area contributed by atoms with Crippen LogP contribution in [0.1, 0.15) is 0 Å². The van der Waals surface area contributed by atoms with Crippen LogP contribution >= 0.6 is 0 Å². The molecule has 0 saturated carbocycles. The second kappa shape index (κ2) is 4.42. The summed E-state index contributed by atoms with van der Waals surface area (Å²) in [5, 5.41) is 12.2. The molecule has 1 N–H and O–H groups in total. The molecule has 0 aromatic heterocycles. The summed E-state index contributed by atoms with van der Waals surface area (Å²) >= 11 is 0. The number of nitriles is 1. The van der Waals surface area contributed by atoms with E-state index in [0.717, 1.165) is 11.4 Å². The Hall–Kier alpha value is -1.73. The number of benzene rings is 1. The zero-order valence-corrected chi connectivity index (χ0v) is 9.19. The van der Waals surface area contributed by atoms with Gasteiger partial charge in [0.15, 0.2) is 0 Å². The Morgan fingerprint density at radius 1 is 1.44 bits per heavy atom. The van der Waals surface area contributed by atoms with E-state index in [9.17, 15) is 0 Å². The molecule has 0 amide bonds. The zero-order chi connectivity index (χ0) is 11.4. The van der Waals surface area contributed by atoms with Crippen LogP contribution in [0.2, 0.25) is 0 Å². The molecule has 1 aromatic carbocycles. The monoisotopic (exact) mass is 218 g/mol. The molecule has 0 spiro atoms. The molecule has 1 fully saturated rings. The first-order valence-corrected chi connectivity index (χ1v) is 5.15. The fourth-order valence-electron chi connectivity index (χ4n) is 1.53. The molecule has 1 saturated heterocycles. The lowest BCUT2D eigenvalue weighted by molar-refractivity contribution is -0.0690. The molecule has 2 rings (SSSR count). The van der Waals surface area contributed by atoms with Crippen LogP contribution in [-0.4, -0.2) is 26.9 Å². The van der Waals surface area contributed by atoms with E-state index in [4.69, 9.17) is 14.7 Å². The van der Waals surface area contributed by atoms with Crippen molar-refractivity contribution in [2.24, 2.45) is 5.41 Å². The number of ether oxygens (including phenoxy) is 2. The number of methoxy groups -OCH3 is 1. The normalized spacial score (nSPS) is 17.0. The topological polar surface area (TPSA) is 54.3 Å². The van der Waals surface area contributed by atoms with Gasteiger partial charge in [-0.15, -0.1) is 0 Å². The van der Waals surface area contributed by atoms with Crippen molar-refractivity contribution >= 4 is 5.69 Å². The molecule has 4 heteroatoms. The molecule has 1 aromatic rings. The third kappa shape index (κ3) is 2.10. The van der Waals surface area contributed by atoms with Gasteiger partial charge in [0.1, 0.15) is 11.2 Å². The number of nitrogens with zero attached hydrogens (tertiary/aromatic N) is 1. The van der Waals surface area contributed by atoms with Gasteiger partial charge in [-0.25, -0.2) is 0 Å². The molecular formula is C12H14N2O2. The SMILES string of the molecule is COc1ccc(NCC2(C#N)COC2)cc1. The standard InChI is InChI=1S/C12H14N2O2/c1-15-11-4-2-10(3-5-11)14-7-12(6-13)8-16-9-12/h2-5,14H,7-9H2,1H3. The number of anilines is 1. The summed E-state index contributed by atoms with van der Waals surface area (Å²) in [7, 11) is 1.64. The molecule has 0 radical (unpaired) electrons. The highest BCUT2D eigenvalue weighted by Gasteiger charge is 2.38. The van der Waals surface area contributed by atoms with Crippen molar-refractivity contribution in [3.8, 4) is 11.8 Å². The molecule has 0 unspecified atom stereocenters. The Balaban J connectivity index is 1.92. The third-order valence-electron chi connectivity index (χ3n) is 2.71. The lowest BCUT2D eigenvalue weighted by Gasteiger charge is -2.35. The van der Waals surface area contributed by atoms with E-state index in [1.807, 2.05) is 24.3 Å². The van der Waals surface area contributed by atoms with Gasteiger partial charge in [0.25, 0.3) is 0 Å². The Labute approximate surface area is 94.8 Å². The van der Waals surface area contributed by atoms with Crippen molar-refractivity contribution < 1.29 is 9.47 Å². The van der Waals surface area contributed by atoms with Crippen LogP contribution in [0.25, 0.3) is 0 Å². The van der Waals surface area contributed by atoms with E-state index in [2.05, 4.69) is 11.4 Å². The molecule has 16 heavy (non-hydrogen) atoms. The van der Waals surface area contributed by atoms with Gasteiger partial charge in [-0.05, 0) is 24.3 Å². The minimum Gasteiger partial charge on any atom is -0.497 e. The Kier molecular flexibility index (Phi) is 2.97. The molecule has 4 nitrogen and oxygen atoms in total. The summed E-state index contributed by atoms with van der Waals surface area (Å²) in [4.78, 5) is 0. The highest BCUT2D eigenvalue weighted by atomic mass is 16.5. The van der Waals surface area contributed by atoms with Gasteiger partial charge < -0.3 is 14.8 Å². The first kappa shape index (κ1) is 10.8. The fourth-order valence-corrected chi connectivity index (χ4v) is 1.53. The van der Waals surface area contributed by atoms with E-state index in [0.29, 0.717) is 19.8 Å². The van der Waals surface area contributed by atoms with Crippen LogP contribution in [0, 0.1) is 16.7 Å². The van der Waals surface area contributed by atoms with Crippen LogP contribution in [0.4, 0.5) is 5.69 Å². The first-order valence-electron chi connectivity index (χ1n) is 5.15. The molecule has 1 heterocycles. The smallest absolute Gasteiger partial charge is 0.121 e. The second-order valence-corrected chi connectivity index (χ2v) is 3.97. The van der Waals surface area contributed by atoms with E-state index >= 15 is 0 Å². The molecule has 84 valence electrons. The van der Waals surface area contributed by atoms with Crippen LogP contribution < -0.4 is 10.1 Å². The predicted molar refractivity (Wildman–Crippen MR) is 60.3 cm³/mol. The predicted octanol–water partition coefficient (Wildman–Crippen LogP) is 1.65. The van der Waals surface area contributed by atoms with Crippen LogP contribution in [0.3, 0.4) is 0 Å². The Bertz CT molecular complexity index is 390. The van der Waals surface area contributed by atoms with Crippen molar-refractivity contribution in [2.75, 3.05) is 32.2 Å². The highest BCUT2D eigenvalue weighted by molar-refractivity contribution is 5.46. The van der Waals surface area contributed by atoms with Gasteiger partial charge in [0.2, 0.25) is 0 Å². The molecule has 1 aliphatic rings. The van der Waals surface area contributed by atoms with E-state index < -0.39 is 0 Å². The molecule has 0 bridgehead atoms. The van der Waals surface area contributed by atoms with Crippen LogP contribution in [-0.2, 0) is 4.74 Å². The maximum absolute atomic E-state index is 9.01.